The fourth-order valence-corrected chi connectivity index (χ4v) is 1.19. The predicted molar refractivity (Wildman–Crippen MR) is 54.4 cm³/mol. The van der Waals surface area contributed by atoms with Crippen molar-refractivity contribution in [2.24, 2.45) is 5.22 Å². The maximum atomic E-state index is 6.46. The summed E-state index contributed by atoms with van der Waals surface area (Å²) in [6, 6.07) is 5.54. The van der Waals surface area contributed by atoms with Gasteiger partial charge >= 0.3 is 0 Å². The van der Waals surface area contributed by atoms with Crippen molar-refractivity contribution in [2.45, 2.75) is 6.61 Å². The molecule has 0 unspecified atom stereocenters. The Balaban J connectivity index is 2.02. The molecule has 7 heteroatoms. The number of aromatic nitrogens is 3. The van der Waals surface area contributed by atoms with Crippen molar-refractivity contribution in [1.82, 2.24) is 20.4 Å². The largest absolute Gasteiger partial charge is 0.253 e. The van der Waals surface area contributed by atoms with Crippen LogP contribution >= 0.6 is 0 Å². The second-order valence-corrected chi connectivity index (χ2v) is 2.97. The number of nitrogens with zero attached hydrogens (tertiary/aromatic N) is 4. The summed E-state index contributed by atoms with van der Waals surface area (Å²) in [6.07, 6.45) is 5.19. The lowest BCUT2D eigenvalue weighted by Gasteiger charge is -2.03. The number of hydrogen-bond donors (Lipinski definition) is 2. The summed E-state index contributed by atoms with van der Waals surface area (Å²) in [7, 11) is 0. The summed E-state index contributed by atoms with van der Waals surface area (Å²) in [4.78, 5) is 9.05. The lowest BCUT2D eigenvalue weighted by atomic mass is 10.3. The zero-order chi connectivity index (χ0) is 11.2. The Labute approximate surface area is 91.5 Å². The summed E-state index contributed by atoms with van der Waals surface area (Å²) < 4.78 is 1.67. The second-order valence-electron chi connectivity index (χ2n) is 2.97. The number of pyridine rings is 1. The molecule has 2 heterocycles. The third-order valence-electron chi connectivity index (χ3n) is 1.90. The molecule has 0 saturated carbocycles. The fourth-order valence-electron chi connectivity index (χ4n) is 1.19. The summed E-state index contributed by atoms with van der Waals surface area (Å²) in [5.41, 5.74) is 9.43. The first-order valence-electron chi connectivity index (χ1n) is 4.58. The monoisotopic (exact) mass is 218 g/mol. The highest BCUT2D eigenvalue weighted by Crippen LogP contribution is 2.05. The van der Waals surface area contributed by atoms with E-state index >= 15 is 0 Å². The Bertz CT molecular complexity index is 438. The van der Waals surface area contributed by atoms with E-state index in [-0.39, 0.29) is 0 Å². The lowest BCUT2D eigenvalue weighted by Crippen LogP contribution is -2.06. The molecule has 2 N–H and O–H groups in total. The molecular weight excluding hydrogens is 208 g/mol. The zero-order valence-electron chi connectivity index (χ0n) is 8.37. The highest BCUT2D eigenvalue weighted by atomic mass is 16.7. The van der Waals surface area contributed by atoms with Crippen LogP contribution in [0.25, 0.3) is 5.82 Å². The van der Waals surface area contributed by atoms with Crippen LogP contribution in [0.4, 0.5) is 0 Å². The molecule has 0 aromatic carbocycles. The standard InChI is InChI=1S/C9H10N6O/c10-13-14-16-7-8-2-3-9(11-6-8)15-5-1-4-12-15/h1-6H,7H2,(H2,10,14). The van der Waals surface area contributed by atoms with Crippen molar-refractivity contribution in [1.29, 1.82) is 5.53 Å². The van der Waals surface area contributed by atoms with Crippen molar-refractivity contribution in [3.05, 3.63) is 42.4 Å². The van der Waals surface area contributed by atoms with Crippen LogP contribution in [0, 0.1) is 5.53 Å². The van der Waals surface area contributed by atoms with Gasteiger partial charge in [0.15, 0.2) is 5.82 Å². The van der Waals surface area contributed by atoms with E-state index in [2.05, 4.69) is 20.9 Å². The topological polar surface area (TPSA) is 88.2 Å². The molecule has 7 nitrogen and oxygen atoms in total. The highest BCUT2D eigenvalue weighted by molar-refractivity contribution is 5.23. The highest BCUT2D eigenvalue weighted by Gasteiger charge is 1.98. The van der Waals surface area contributed by atoms with Gasteiger partial charge in [-0.1, -0.05) is 11.3 Å². The molecule has 0 fully saturated rings. The Kier molecular flexibility index (Phi) is 3.19. The van der Waals surface area contributed by atoms with E-state index in [1.165, 1.54) is 0 Å². The molecule has 0 spiro atoms. The molecule has 0 aliphatic rings. The Morgan fingerprint density at radius 2 is 2.44 bits per heavy atom. The van der Waals surface area contributed by atoms with Gasteiger partial charge in [0.25, 0.3) is 0 Å². The van der Waals surface area contributed by atoms with Gasteiger partial charge < -0.3 is 0 Å². The second kappa shape index (κ2) is 4.99. The predicted octanol–water partition coefficient (Wildman–Crippen LogP) is 1.23. The van der Waals surface area contributed by atoms with Gasteiger partial charge in [-0.25, -0.2) is 9.67 Å². The van der Waals surface area contributed by atoms with Crippen molar-refractivity contribution in [3.8, 4) is 5.82 Å². The average molecular weight is 218 g/mol. The molecule has 0 radical (unpaired) electrons. The Hall–Kier alpha value is -2.28. The normalized spacial score (nSPS) is 10.0. The van der Waals surface area contributed by atoms with Crippen LogP contribution in [0.1, 0.15) is 5.56 Å². The fraction of sp³-hybridized carbons (Fsp3) is 0.111. The van der Waals surface area contributed by atoms with Crippen LogP contribution < -0.4 is 5.59 Å². The van der Waals surface area contributed by atoms with Gasteiger partial charge in [0.1, 0.15) is 6.61 Å². The van der Waals surface area contributed by atoms with Crippen LogP contribution in [-0.2, 0) is 11.4 Å². The van der Waals surface area contributed by atoms with Crippen molar-refractivity contribution < 1.29 is 4.84 Å². The smallest absolute Gasteiger partial charge is 0.153 e. The molecule has 0 saturated heterocycles. The molecule has 0 amide bonds. The van der Waals surface area contributed by atoms with E-state index in [1.807, 2.05) is 24.4 Å². The summed E-state index contributed by atoms with van der Waals surface area (Å²) in [6.45, 7) is 0.300. The zero-order valence-corrected chi connectivity index (χ0v) is 8.37. The van der Waals surface area contributed by atoms with Gasteiger partial charge in [0.2, 0.25) is 0 Å². The molecule has 0 atom stereocenters. The van der Waals surface area contributed by atoms with Gasteiger partial charge in [-0.05, 0) is 17.7 Å². The molecule has 2 rings (SSSR count). The summed E-state index contributed by atoms with van der Waals surface area (Å²) >= 11 is 0. The first kappa shape index (κ1) is 10.2. The summed E-state index contributed by atoms with van der Waals surface area (Å²) in [5, 5.41) is 6.91. The molecule has 2 aromatic heterocycles. The van der Waals surface area contributed by atoms with Crippen LogP contribution in [-0.4, -0.2) is 14.8 Å². The van der Waals surface area contributed by atoms with E-state index in [9.17, 15) is 0 Å². The van der Waals surface area contributed by atoms with E-state index in [4.69, 9.17) is 10.4 Å². The van der Waals surface area contributed by atoms with Crippen molar-refractivity contribution in [3.63, 3.8) is 0 Å². The first-order valence-corrected chi connectivity index (χ1v) is 4.58. The first-order chi connectivity index (χ1) is 7.90. The van der Waals surface area contributed by atoms with Crippen LogP contribution in [0.3, 0.4) is 0 Å². The Morgan fingerprint density at radius 1 is 1.50 bits per heavy atom. The molecule has 2 aromatic rings. The minimum Gasteiger partial charge on any atom is -0.253 e. The SMILES string of the molecule is N=NNOCc1ccc(-n2cccn2)nc1. The molecule has 82 valence electrons. The number of nitrogens with one attached hydrogen (secondary N) is 2. The third-order valence-corrected chi connectivity index (χ3v) is 1.90. The van der Waals surface area contributed by atoms with Gasteiger partial charge in [-0.2, -0.15) is 16.2 Å². The van der Waals surface area contributed by atoms with E-state index in [0.29, 0.717) is 6.61 Å². The minimum absolute atomic E-state index is 0.300. The molecule has 0 bridgehead atoms. The average Bonchev–Trinajstić information content (AvgIpc) is 2.84. The number of hydrogen-bond acceptors (Lipinski definition) is 5. The van der Waals surface area contributed by atoms with Gasteiger partial charge in [-0.15, -0.1) is 0 Å². The van der Waals surface area contributed by atoms with Gasteiger partial charge in [0.05, 0.1) is 0 Å². The molecule has 0 aliphatic heterocycles. The van der Waals surface area contributed by atoms with E-state index < -0.39 is 0 Å². The molecule has 16 heavy (non-hydrogen) atoms. The van der Waals surface area contributed by atoms with Crippen molar-refractivity contribution >= 4 is 0 Å². The van der Waals surface area contributed by atoms with Crippen LogP contribution in [0.2, 0.25) is 0 Å². The number of rotatable bonds is 5. The minimum atomic E-state index is 0.300. The van der Waals surface area contributed by atoms with E-state index in [1.54, 1.807) is 17.1 Å². The maximum Gasteiger partial charge on any atom is 0.153 e. The van der Waals surface area contributed by atoms with Crippen LogP contribution in [0.5, 0.6) is 0 Å². The van der Waals surface area contributed by atoms with Gasteiger partial charge in [-0.3, -0.25) is 4.84 Å². The molecular formula is C9H10N6O. The quantitative estimate of drug-likeness (QED) is 0.449. The molecule has 0 aliphatic carbocycles. The van der Waals surface area contributed by atoms with Gasteiger partial charge in [0, 0.05) is 18.6 Å². The van der Waals surface area contributed by atoms with Crippen LogP contribution in [0.15, 0.2) is 42.0 Å². The van der Waals surface area contributed by atoms with Crippen molar-refractivity contribution in [2.75, 3.05) is 0 Å². The maximum absolute atomic E-state index is 6.46. The Morgan fingerprint density at radius 3 is 3.06 bits per heavy atom. The third kappa shape index (κ3) is 2.39. The summed E-state index contributed by atoms with van der Waals surface area (Å²) in [5.74, 6) is 0.742. The lowest BCUT2D eigenvalue weighted by molar-refractivity contribution is 0.0224. The van der Waals surface area contributed by atoms with E-state index in [0.717, 1.165) is 11.4 Å².